The Labute approximate surface area is 107 Å². The van der Waals surface area contributed by atoms with Gasteiger partial charge in [0.15, 0.2) is 0 Å². The first kappa shape index (κ1) is 14.0. The summed E-state index contributed by atoms with van der Waals surface area (Å²) in [6.07, 6.45) is 2.24. The Morgan fingerprint density at radius 2 is 1.88 bits per heavy atom. The zero-order chi connectivity index (χ0) is 12.1. The normalized spacial score (nSPS) is 20.2. The molecule has 1 aliphatic heterocycles. The van der Waals surface area contributed by atoms with Crippen molar-refractivity contribution in [2.24, 2.45) is 0 Å². The average molecular weight is 291 g/mol. The Bertz CT molecular complexity index is 221. The molecule has 0 saturated carbocycles. The lowest BCUT2D eigenvalue weighted by atomic mass is 10.0. The van der Waals surface area contributed by atoms with Crippen molar-refractivity contribution in [2.75, 3.05) is 26.2 Å². The molecule has 0 aliphatic carbocycles. The third-order valence-corrected chi connectivity index (χ3v) is 3.84. The van der Waals surface area contributed by atoms with Crippen LogP contribution in [-0.2, 0) is 4.79 Å². The molecular formula is C12H23BrN2O. The molecule has 0 spiro atoms. The summed E-state index contributed by atoms with van der Waals surface area (Å²) < 4.78 is 0. The van der Waals surface area contributed by atoms with E-state index in [0.29, 0.717) is 6.04 Å². The van der Waals surface area contributed by atoms with Gasteiger partial charge in [-0.15, -0.1) is 0 Å². The van der Waals surface area contributed by atoms with E-state index in [9.17, 15) is 4.79 Å². The molecule has 1 fully saturated rings. The van der Waals surface area contributed by atoms with Crippen LogP contribution in [0.4, 0.5) is 0 Å². The monoisotopic (exact) mass is 290 g/mol. The summed E-state index contributed by atoms with van der Waals surface area (Å²) >= 11 is 3.35. The molecule has 0 N–H and O–H groups in total. The van der Waals surface area contributed by atoms with Gasteiger partial charge in [0.2, 0.25) is 5.91 Å². The molecule has 0 aromatic heterocycles. The molecule has 1 unspecified atom stereocenters. The molecular weight excluding hydrogens is 268 g/mol. The molecule has 1 heterocycles. The fourth-order valence-electron chi connectivity index (χ4n) is 2.44. The molecule has 1 rings (SSSR count). The highest BCUT2D eigenvalue weighted by molar-refractivity contribution is 9.10. The zero-order valence-electron chi connectivity index (χ0n) is 10.6. The second kappa shape index (κ2) is 6.60. The Balaban J connectivity index is 2.42. The summed E-state index contributed by atoms with van der Waals surface area (Å²) in [7, 11) is 0. The topological polar surface area (TPSA) is 23.6 Å². The number of likely N-dealkylation sites (tertiary alicyclic amines) is 1. The molecule has 4 heteroatoms. The minimum Gasteiger partial charge on any atom is -0.342 e. The van der Waals surface area contributed by atoms with Crippen molar-refractivity contribution in [2.45, 2.75) is 44.5 Å². The van der Waals surface area contributed by atoms with Gasteiger partial charge in [0.1, 0.15) is 0 Å². The van der Waals surface area contributed by atoms with E-state index in [4.69, 9.17) is 0 Å². The van der Waals surface area contributed by atoms with E-state index in [1.165, 1.54) is 0 Å². The largest absolute Gasteiger partial charge is 0.342 e. The van der Waals surface area contributed by atoms with Gasteiger partial charge in [0.05, 0.1) is 4.83 Å². The molecule has 94 valence electrons. The highest BCUT2D eigenvalue weighted by Gasteiger charge is 2.26. The standard InChI is InChI=1S/C12H23BrN2O/c1-4-14(5-2)11-6-8-15(9-7-11)12(16)10(3)13/h10-11H,4-9H2,1-3H3. The summed E-state index contributed by atoms with van der Waals surface area (Å²) in [6.45, 7) is 10.4. The Hall–Kier alpha value is -0.0900. The first-order valence-corrected chi connectivity index (χ1v) is 7.18. The van der Waals surface area contributed by atoms with Crippen LogP contribution in [0.3, 0.4) is 0 Å². The van der Waals surface area contributed by atoms with E-state index < -0.39 is 0 Å². The number of carbonyl (C=O) groups is 1. The summed E-state index contributed by atoms with van der Waals surface area (Å²) in [4.78, 5) is 16.2. The van der Waals surface area contributed by atoms with Crippen LogP contribution < -0.4 is 0 Å². The van der Waals surface area contributed by atoms with Crippen molar-refractivity contribution >= 4 is 21.8 Å². The predicted octanol–water partition coefficient (Wildman–Crippen LogP) is 2.10. The van der Waals surface area contributed by atoms with Crippen LogP contribution in [0.1, 0.15) is 33.6 Å². The molecule has 0 aromatic rings. The minimum absolute atomic E-state index is 0.0440. The highest BCUT2D eigenvalue weighted by atomic mass is 79.9. The fraction of sp³-hybridized carbons (Fsp3) is 0.917. The first-order valence-electron chi connectivity index (χ1n) is 6.27. The third-order valence-electron chi connectivity index (χ3n) is 3.45. The molecule has 0 radical (unpaired) electrons. The van der Waals surface area contributed by atoms with Crippen molar-refractivity contribution in [1.29, 1.82) is 0 Å². The van der Waals surface area contributed by atoms with Crippen molar-refractivity contribution in [3.05, 3.63) is 0 Å². The van der Waals surface area contributed by atoms with Gasteiger partial charge < -0.3 is 9.80 Å². The van der Waals surface area contributed by atoms with Gasteiger partial charge >= 0.3 is 0 Å². The first-order chi connectivity index (χ1) is 7.60. The number of alkyl halides is 1. The number of piperidine rings is 1. The maximum absolute atomic E-state index is 11.8. The second-order valence-electron chi connectivity index (χ2n) is 4.39. The van der Waals surface area contributed by atoms with E-state index in [0.717, 1.165) is 39.0 Å². The summed E-state index contributed by atoms with van der Waals surface area (Å²) in [6, 6.07) is 0.671. The predicted molar refractivity (Wildman–Crippen MR) is 70.9 cm³/mol. The maximum Gasteiger partial charge on any atom is 0.236 e. The lowest BCUT2D eigenvalue weighted by Crippen LogP contribution is -2.48. The second-order valence-corrected chi connectivity index (χ2v) is 5.77. The van der Waals surface area contributed by atoms with E-state index in [1.807, 2.05) is 11.8 Å². The Morgan fingerprint density at radius 3 is 2.25 bits per heavy atom. The molecule has 16 heavy (non-hydrogen) atoms. The van der Waals surface area contributed by atoms with E-state index in [2.05, 4.69) is 34.7 Å². The van der Waals surface area contributed by atoms with Gasteiger partial charge in [0.25, 0.3) is 0 Å². The number of hydrogen-bond acceptors (Lipinski definition) is 2. The lowest BCUT2D eigenvalue weighted by Gasteiger charge is -2.38. The molecule has 1 saturated heterocycles. The third kappa shape index (κ3) is 3.45. The van der Waals surface area contributed by atoms with Crippen molar-refractivity contribution in [1.82, 2.24) is 9.80 Å². The number of nitrogens with zero attached hydrogens (tertiary/aromatic N) is 2. The van der Waals surface area contributed by atoms with E-state index >= 15 is 0 Å². The van der Waals surface area contributed by atoms with Gasteiger partial charge in [0, 0.05) is 19.1 Å². The summed E-state index contributed by atoms with van der Waals surface area (Å²) in [5.41, 5.74) is 0. The SMILES string of the molecule is CCN(CC)C1CCN(C(=O)C(C)Br)CC1. The van der Waals surface area contributed by atoms with Crippen LogP contribution in [0.25, 0.3) is 0 Å². The van der Waals surface area contributed by atoms with Crippen molar-refractivity contribution < 1.29 is 4.79 Å². The molecule has 3 nitrogen and oxygen atoms in total. The van der Waals surface area contributed by atoms with Crippen LogP contribution in [0.5, 0.6) is 0 Å². The fourth-order valence-corrected chi connectivity index (χ4v) is 2.73. The molecule has 1 atom stereocenters. The number of rotatable bonds is 4. The summed E-state index contributed by atoms with van der Waals surface area (Å²) in [5, 5.41) is 0. The van der Waals surface area contributed by atoms with Crippen LogP contribution >= 0.6 is 15.9 Å². The van der Waals surface area contributed by atoms with Gasteiger partial charge in [-0.1, -0.05) is 29.8 Å². The molecule has 1 amide bonds. The lowest BCUT2D eigenvalue weighted by molar-refractivity contribution is -0.131. The average Bonchev–Trinajstić information content (AvgIpc) is 2.30. The van der Waals surface area contributed by atoms with Gasteiger partial charge in [-0.2, -0.15) is 0 Å². The van der Waals surface area contributed by atoms with Crippen LogP contribution in [0, 0.1) is 0 Å². The Kier molecular flexibility index (Phi) is 5.76. The van der Waals surface area contributed by atoms with Crippen LogP contribution in [-0.4, -0.2) is 52.8 Å². The maximum atomic E-state index is 11.8. The van der Waals surface area contributed by atoms with Gasteiger partial charge in [-0.3, -0.25) is 4.79 Å². The quantitative estimate of drug-likeness (QED) is 0.741. The minimum atomic E-state index is -0.0440. The van der Waals surface area contributed by atoms with Crippen molar-refractivity contribution in [3.63, 3.8) is 0 Å². The van der Waals surface area contributed by atoms with Crippen LogP contribution in [0.2, 0.25) is 0 Å². The van der Waals surface area contributed by atoms with Gasteiger partial charge in [-0.05, 0) is 32.9 Å². The van der Waals surface area contributed by atoms with Gasteiger partial charge in [-0.25, -0.2) is 0 Å². The van der Waals surface area contributed by atoms with Crippen molar-refractivity contribution in [3.8, 4) is 0 Å². The molecule has 0 bridgehead atoms. The smallest absolute Gasteiger partial charge is 0.236 e. The number of halogens is 1. The highest BCUT2D eigenvalue weighted by Crippen LogP contribution is 2.18. The Morgan fingerprint density at radius 1 is 1.38 bits per heavy atom. The van der Waals surface area contributed by atoms with E-state index in [1.54, 1.807) is 0 Å². The van der Waals surface area contributed by atoms with Crippen LogP contribution in [0.15, 0.2) is 0 Å². The summed E-state index contributed by atoms with van der Waals surface area (Å²) in [5.74, 6) is 0.234. The van der Waals surface area contributed by atoms with E-state index in [-0.39, 0.29) is 10.7 Å². The zero-order valence-corrected chi connectivity index (χ0v) is 12.2. The number of carbonyl (C=O) groups excluding carboxylic acids is 1. The molecule has 0 aromatic carbocycles. The molecule has 1 aliphatic rings. The number of amides is 1. The number of hydrogen-bond donors (Lipinski definition) is 0.